The van der Waals surface area contributed by atoms with Crippen molar-refractivity contribution in [2.24, 2.45) is 0 Å². The van der Waals surface area contributed by atoms with Crippen LogP contribution in [-0.4, -0.2) is 35.3 Å². The molecule has 1 amide bonds. The number of para-hydroxylation sites is 1. The lowest BCUT2D eigenvalue weighted by molar-refractivity contribution is 0.0690. The monoisotopic (exact) mass is 567 g/mol. The number of hydrogen-bond acceptors (Lipinski definition) is 4. The molecule has 0 saturated heterocycles. The number of carboxylic acids is 1. The lowest BCUT2D eigenvalue weighted by Gasteiger charge is -2.21. The molecule has 0 fully saturated rings. The fourth-order valence-electron chi connectivity index (χ4n) is 5.01. The molecule has 0 aliphatic rings. The fourth-order valence-corrected chi connectivity index (χ4v) is 5.58. The van der Waals surface area contributed by atoms with E-state index in [1.807, 2.05) is 37.3 Å². The van der Waals surface area contributed by atoms with Gasteiger partial charge in [0.2, 0.25) is 0 Å². The Balaban J connectivity index is 1.51. The molecule has 0 aliphatic carbocycles. The number of hydrogen-bond donors (Lipinski definition) is 2. The number of amides is 1. The molecule has 2 aromatic heterocycles. The Morgan fingerprint density at radius 3 is 2.29 bits per heavy atom. The maximum Gasteiger partial charge on any atom is 0.354 e. The first-order valence-electron chi connectivity index (χ1n) is 13.2. The Kier molecular flexibility index (Phi) is 8.09. The summed E-state index contributed by atoms with van der Waals surface area (Å²) in [5.41, 5.74) is 5.60. The first-order valence-corrected chi connectivity index (χ1v) is 14.3. The maximum atomic E-state index is 13.2. The lowest BCUT2D eigenvalue weighted by Crippen LogP contribution is -2.32. The van der Waals surface area contributed by atoms with Crippen molar-refractivity contribution in [2.75, 3.05) is 4.31 Å². The number of anilines is 1. The molecule has 5 aromatic rings. The van der Waals surface area contributed by atoms with Crippen LogP contribution in [0, 0.1) is 6.92 Å². The molecular formula is C32H29N3O5S. The van der Waals surface area contributed by atoms with Gasteiger partial charge in [0.1, 0.15) is 5.65 Å². The molecule has 0 radical (unpaired) electrons. The van der Waals surface area contributed by atoms with Gasteiger partial charge in [-0.25, -0.2) is 18.3 Å². The van der Waals surface area contributed by atoms with Gasteiger partial charge in [-0.3, -0.25) is 9.35 Å². The summed E-state index contributed by atoms with van der Waals surface area (Å²) in [5, 5.41) is 10.5. The van der Waals surface area contributed by atoms with E-state index in [2.05, 4.69) is 22.5 Å². The Morgan fingerprint density at radius 2 is 1.63 bits per heavy atom. The summed E-state index contributed by atoms with van der Waals surface area (Å²) >= 11 is -2.59. The number of pyridine rings is 1. The van der Waals surface area contributed by atoms with Crippen molar-refractivity contribution in [1.29, 1.82) is 0 Å². The second-order valence-corrected chi connectivity index (χ2v) is 10.6. The molecule has 8 nitrogen and oxygen atoms in total. The number of aryl methyl sites for hydroxylation is 2. The van der Waals surface area contributed by atoms with Crippen molar-refractivity contribution in [3.8, 4) is 11.1 Å². The third-order valence-electron chi connectivity index (χ3n) is 6.97. The minimum absolute atomic E-state index is 0.0141. The van der Waals surface area contributed by atoms with E-state index in [0.29, 0.717) is 29.0 Å². The van der Waals surface area contributed by atoms with Gasteiger partial charge in [0.25, 0.3) is 17.2 Å². The molecule has 3 aromatic carbocycles. The molecule has 1 atom stereocenters. The topological polar surface area (TPSA) is 113 Å². The van der Waals surface area contributed by atoms with Crippen molar-refractivity contribution < 1.29 is 23.5 Å². The first-order chi connectivity index (χ1) is 19.8. The van der Waals surface area contributed by atoms with Gasteiger partial charge in [-0.2, -0.15) is 0 Å². The van der Waals surface area contributed by atoms with Crippen LogP contribution in [0.5, 0.6) is 0 Å². The van der Waals surface area contributed by atoms with Crippen molar-refractivity contribution in [3.05, 3.63) is 119 Å². The van der Waals surface area contributed by atoms with Crippen molar-refractivity contribution in [1.82, 2.24) is 9.55 Å². The lowest BCUT2D eigenvalue weighted by atomic mass is 10.0. The molecular weight excluding hydrogens is 538 g/mol. The SMILES string of the molecule is CCCc1cc2c(C)cc(C(=O)O)nc2n1Cc1ccc(-c2ccccc2N(C(=O)c2ccccc2)S(=O)O)cc1. The molecule has 2 N–H and O–H groups in total. The number of aromatic nitrogens is 2. The average molecular weight is 568 g/mol. The number of fused-ring (bicyclic) bond motifs is 1. The van der Waals surface area contributed by atoms with Gasteiger partial charge in [0, 0.05) is 28.8 Å². The molecule has 0 saturated carbocycles. The minimum atomic E-state index is -2.59. The fraction of sp³-hybridized carbons (Fsp3) is 0.156. The van der Waals surface area contributed by atoms with Crippen LogP contribution in [0.2, 0.25) is 0 Å². The van der Waals surface area contributed by atoms with Gasteiger partial charge in [-0.05, 0) is 60.4 Å². The van der Waals surface area contributed by atoms with Gasteiger partial charge in [0.15, 0.2) is 5.69 Å². The van der Waals surface area contributed by atoms with E-state index < -0.39 is 23.1 Å². The number of nitrogens with zero attached hydrogens (tertiary/aromatic N) is 3. The smallest absolute Gasteiger partial charge is 0.354 e. The van der Waals surface area contributed by atoms with E-state index >= 15 is 0 Å². The summed E-state index contributed by atoms with van der Waals surface area (Å²) in [5.74, 6) is -1.65. The average Bonchev–Trinajstić information content (AvgIpc) is 3.31. The third-order valence-corrected chi connectivity index (χ3v) is 7.65. The largest absolute Gasteiger partial charge is 0.477 e. The number of carbonyl (C=O) groups is 2. The molecule has 0 aliphatic heterocycles. The van der Waals surface area contributed by atoms with E-state index in [-0.39, 0.29) is 5.69 Å². The molecule has 5 rings (SSSR count). The van der Waals surface area contributed by atoms with E-state index in [1.165, 1.54) is 0 Å². The van der Waals surface area contributed by atoms with Gasteiger partial charge in [-0.1, -0.05) is 74.0 Å². The van der Waals surface area contributed by atoms with E-state index in [0.717, 1.165) is 44.9 Å². The Labute approximate surface area is 240 Å². The van der Waals surface area contributed by atoms with E-state index in [4.69, 9.17) is 0 Å². The zero-order valence-electron chi connectivity index (χ0n) is 22.7. The zero-order chi connectivity index (χ0) is 29.1. The third kappa shape index (κ3) is 5.68. The highest BCUT2D eigenvalue weighted by atomic mass is 32.2. The molecule has 9 heteroatoms. The van der Waals surface area contributed by atoms with Crippen LogP contribution in [0.4, 0.5) is 5.69 Å². The summed E-state index contributed by atoms with van der Waals surface area (Å²) < 4.78 is 25.5. The maximum absolute atomic E-state index is 13.2. The van der Waals surface area contributed by atoms with Crippen molar-refractivity contribution in [3.63, 3.8) is 0 Å². The number of aromatic carboxylic acids is 1. The Bertz CT molecular complexity index is 1760. The van der Waals surface area contributed by atoms with Gasteiger partial charge in [0.05, 0.1) is 5.69 Å². The standard InChI is InChI=1S/C32H29N3O5S/c1-3-9-25-19-27-21(2)18-28(32(37)38)33-30(27)34(25)20-22-14-16-23(17-15-22)26-12-7-8-13-29(26)35(41(39)40)31(36)24-10-5-4-6-11-24/h4-8,10-19H,3,9,20H2,1-2H3,(H,37,38)(H,39,40). The van der Waals surface area contributed by atoms with Crippen LogP contribution in [0.3, 0.4) is 0 Å². The van der Waals surface area contributed by atoms with Crippen LogP contribution in [0.25, 0.3) is 22.2 Å². The first kappa shape index (κ1) is 27.9. The van der Waals surface area contributed by atoms with Gasteiger partial charge in [-0.15, -0.1) is 0 Å². The molecule has 41 heavy (non-hydrogen) atoms. The Hall–Kier alpha value is -4.60. The molecule has 1 unspecified atom stereocenters. The number of rotatable bonds is 9. The quantitative estimate of drug-likeness (QED) is 0.197. The molecule has 208 valence electrons. The summed E-state index contributed by atoms with van der Waals surface area (Å²) in [6.45, 7) is 4.49. The van der Waals surface area contributed by atoms with Crippen LogP contribution in [0.15, 0.2) is 91.0 Å². The second kappa shape index (κ2) is 11.9. The highest BCUT2D eigenvalue weighted by molar-refractivity contribution is 7.81. The second-order valence-electron chi connectivity index (χ2n) is 9.75. The number of carbonyl (C=O) groups excluding carboxylic acids is 1. The highest BCUT2D eigenvalue weighted by Gasteiger charge is 2.25. The molecule has 0 spiro atoms. The van der Waals surface area contributed by atoms with E-state index in [1.54, 1.807) is 54.6 Å². The zero-order valence-corrected chi connectivity index (χ0v) is 23.5. The summed E-state index contributed by atoms with van der Waals surface area (Å²) in [7, 11) is 0. The summed E-state index contributed by atoms with van der Waals surface area (Å²) in [6, 6.07) is 26.8. The van der Waals surface area contributed by atoms with Crippen LogP contribution in [-0.2, 0) is 24.2 Å². The van der Waals surface area contributed by atoms with Crippen molar-refractivity contribution >= 4 is 39.9 Å². The molecule has 2 heterocycles. The van der Waals surface area contributed by atoms with Crippen LogP contribution >= 0.6 is 0 Å². The molecule has 0 bridgehead atoms. The summed E-state index contributed by atoms with van der Waals surface area (Å²) in [4.78, 5) is 29.4. The van der Waals surface area contributed by atoms with Crippen molar-refractivity contribution in [2.45, 2.75) is 33.2 Å². The van der Waals surface area contributed by atoms with E-state index in [9.17, 15) is 23.5 Å². The van der Waals surface area contributed by atoms with Crippen LogP contribution in [0.1, 0.15) is 51.0 Å². The summed E-state index contributed by atoms with van der Waals surface area (Å²) in [6.07, 6.45) is 1.76. The Morgan fingerprint density at radius 1 is 0.951 bits per heavy atom. The predicted octanol–water partition coefficient (Wildman–Crippen LogP) is 6.49. The predicted molar refractivity (Wildman–Crippen MR) is 160 cm³/mol. The number of carboxylic acid groups (broad SMARTS) is 1. The van der Waals surface area contributed by atoms with Crippen LogP contribution < -0.4 is 4.31 Å². The minimum Gasteiger partial charge on any atom is -0.477 e. The van der Waals surface area contributed by atoms with Gasteiger partial charge < -0.3 is 9.67 Å². The van der Waals surface area contributed by atoms with Gasteiger partial charge >= 0.3 is 5.97 Å². The number of benzene rings is 3. The highest BCUT2D eigenvalue weighted by Crippen LogP contribution is 2.33. The normalized spacial score (nSPS) is 11.9.